The molecule has 2 aliphatic heterocycles. The largest absolute Gasteiger partial charge is 0.465 e. The lowest BCUT2D eigenvalue weighted by molar-refractivity contribution is -0.0160. The Balaban J connectivity index is 0.000000193. The van der Waals surface area contributed by atoms with Crippen LogP contribution < -0.4 is 5.32 Å². The van der Waals surface area contributed by atoms with E-state index in [0.717, 1.165) is 18.7 Å². The predicted molar refractivity (Wildman–Crippen MR) is 153 cm³/mol. The van der Waals surface area contributed by atoms with Gasteiger partial charge in [-0.1, -0.05) is 60.7 Å². The van der Waals surface area contributed by atoms with E-state index in [2.05, 4.69) is 29.3 Å². The molecule has 8 nitrogen and oxygen atoms in total. The fraction of sp³-hybridized carbons (Fsp3) is 0.548. The molecule has 2 amide bonds. The van der Waals surface area contributed by atoms with Crippen molar-refractivity contribution in [3.8, 4) is 0 Å². The molecule has 212 valence electrons. The van der Waals surface area contributed by atoms with Gasteiger partial charge in [-0.15, -0.1) is 0 Å². The van der Waals surface area contributed by atoms with E-state index in [1.165, 1.54) is 23.3 Å². The predicted octanol–water partition coefficient (Wildman–Crippen LogP) is 5.53. The minimum Gasteiger partial charge on any atom is -0.465 e. The van der Waals surface area contributed by atoms with Gasteiger partial charge in [0.1, 0.15) is 5.60 Å². The zero-order valence-electron chi connectivity index (χ0n) is 23.9. The standard InChI is InChI=1S/C19H28N2O2.C12H16N2O2/c1-14-12-21(18(22)23-19(2,3)4)17(13-20(14)16-10-11-16)15-8-6-5-7-9-15;1-9-8-14(12(15)16)11(7-13-9)10-5-3-2-4-6-10/h5-9,14,16-17H,10-13H2,1-4H3;2-6,9,11,13H,7-8H2,1H3,(H,15,16)/t14-,17-;9-,11-/m11/s1. The molecule has 2 heterocycles. The van der Waals surface area contributed by atoms with E-state index in [1.54, 1.807) is 0 Å². The summed E-state index contributed by atoms with van der Waals surface area (Å²) in [5.74, 6) is 0. The zero-order chi connectivity index (χ0) is 28.2. The molecule has 0 unspecified atom stereocenters. The number of piperazine rings is 2. The molecular formula is C31H44N4O4. The summed E-state index contributed by atoms with van der Waals surface area (Å²) in [6, 6.07) is 21.4. The van der Waals surface area contributed by atoms with Crippen LogP contribution in [0.25, 0.3) is 0 Å². The molecule has 8 heteroatoms. The highest BCUT2D eigenvalue weighted by molar-refractivity contribution is 5.69. The summed E-state index contributed by atoms with van der Waals surface area (Å²) in [7, 11) is 0. The van der Waals surface area contributed by atoms with E-state index in [-0.39, 0.29) is 24.2 Å². The summed E-state index contributed by atoms with van der Waals surface area (Å²) in [5, 5.41) is 12.5. The van der Waals surface area contributed by atoms with Crippen LogP contribution in [0.15, 0.2) is 60.7 Å². The van der Waals surface area contributed by atoms with Crippen LogP contribution in [0.4, 0.5) is 9.59 Å². The summed E-state index contributed by atoms with van der Waals surface area (Å²) in [6.07, 6.45) is 1.53. The molecule has 0 aromatic heterocycles. The van der Waals surface area contributed by atoms with Crippen LogP contribution in [0.5, 0.6) is 0 Å². The minimum atomic E-state index is -0.845. The Morgan fingerprint density at radius 1 is 0.846 bits per heavy atom. The number of carbonyl (C=O) groups excluding carboxylic acids is 1. The summed E-state index contributed by atoms with van der Waals surface area (Å²) in [5.41, 5.74) is 1.77. The van der Waals surface area contributed by atoms with Gasteiger partial charge in [-0.05, 0) is 58.6 Å². The quantitative estimate of drug-likeness (QED) is 0.537. The summed E-state index contributed by atoms with van der Waals surface area (Å²) >= 11 is 0. The maximum absolute atomic E-state index is 12.7. The van der Waals surface area contributed by atoms with Crippen LogP contribution in [0.3, 0.4) is 0 Å². The number of nitrogens with zero attached hydrogens (tertiary/aromatic N) is 3. The lowest BCUT2D eigenvalue weighted by Gasteiger charge is -2.45. The Hall–Kier alpha value is -3.10. The number of ether oxygens (including phenoxy) is 1. The fourth-order valence-electron chi connectivity index (χ4n) is 5.49. The molecule has 2 N–H and O–H groups in total. The Labute approximate surface area is 232 Å². The van der Waals surface area contributed by atoms with Crippen LogP contribution in [0.1, 0.15) is 70.7 Å². The second-order valence-electron chi connectivity index (χ2n) is 12.0. The Kier molecular flexibility index (Phi) is 9.18. The normalized spacial score (nSPS) is 25.9. The van der Waals surface area contributed by atoms with E-state index in [0.29, 0.717) is 25.2 Å². The van der Waals surface area contributed by atoms with Crippen molar-refractivity contribution in [1.29, 1.82) is 0 Å². The molecule has 39 heavy (non-hydrogen) atoms. The highest BCUT2D eigenvalue weighted by atomic mass is 16.6. The van der Waals surface area contributed by atoms with E-state index >= 15 is 0 Å². The van der Waals surface area contributed by atoms with Crippen molar-refractivity contribution in [2.45, 2.75) is 83.3 Å². The molecule has 0 radical (unpaired) electrons. The maximum Gasteiger partial charge on any atom is 0.410 e. The van der Waals surface area contributed by atoms with E-state index in [9.17, 15) is 14.7 Å². The summed E-state index contributed by atoms with van der Waals surface area (Å²) in [6.45, 7) is 12.8. The van der Waals surface area contributed by atoms with Crippen LogP contribution in [-0.4, -0.2) is 81.9 Å². The highest BCUT2D eigenvalue weighted by Gasteiger charge is 2.42. The first-order valence-electron chi connectivity index (χ1n) is 14.1. The lowest BCUT2D eigenvalue weighted by atomic mass is 10.00. The molecule has 2 saturated heterocycles. The lowest BCUT2D eigenvalue weighted by Crippen LogP contribution is -2.56. The molecular weight excluding hydrogens is 492 g/mol. The van der Waals surface area contributed by atoms with Crippen molar-refractivity contribution >= 4 is 12.2 Å². The average molecular weight is 537 g/mol. The molecule has 5 rings (SSSR count). The van der Waals surface area contributed by atoms with E-state index in [1.807, 2.05) is 81.1 Å². The van der Waals surface area contributed by atoms with Gasteiger partial charge in [-0.3, -0.25) is 14.7 Å². The summed E-state index contributed by atoms with van der Waals surface area (Å²) in [4.78, 5) is 29.9. The smallest absolute Gasteiger partial charge is 0.410 e. The van der Waals surface area contributed by atoms with Gasteiger partial charge >= 0.3 is 12.2 Å². The first-order chi connectivity index (χ1) is 18.5. The third kappa shape index (κ3) is 7.73. The number of nitrogens with one attached hydrogen (secondary N) is 1. The number of rotatable bonds is 3. The van der Waals surface area contributed by atoms with Crippen molar-refractivity contribution in [3.05, 3.63) is 71.8 Å². The van der Waals surface area contributed by atoms with Crippen molar-refractivity contribution in [3.63, 3.8) is 0 Å². The Bertz CT molecular complexity index is 1090. The molecule has 2 aromatic carbocycles. The monoisotopic (exact) mass is 536 g/mol. The number of benzene rings is 2. The van der Waals surface area contributed by atoms with Crippen LogP contribution in [0.2, 0.25) is 0 Å². The van der Waals surface area contributed by atoms with Crippen LogP contribution >= 0.6 is 0 Å². The van der Waals surface area contributed by atoms with Crippen molar-refractivity contribution < 1.29 is 19.4 Å². The third-order valence-electron chi connectivity index (χ3n) is 7.55. The SMILES string of the molecule is C[C@@H]1CN(C(=O)O)[C@@H](c2ccccc2)CN1.C[C@@H]1CN(C(=O)OC(C)(C)C)[C@@H](c2ccccc2)CN1C1CC1. The van der Waals surface area contributed by atoms with Gasteiger partial charge in [-0.25, -0.2) is 9.59 Å². The van der Waals surface area contributed by atoms with Gasteiger partial charge in [0, 0.05) is 44.3 Å². The molecule has 3 aliphatic rings. The average Bonchev–Trinajstić information content (AvgIpc) is 3.74. The Morgan fingerprint density at radius 3 is 1.92 bits per heavy atom. The molecule has 0 spiro atoms. The van der Waals surface area contributed by atoms with Gasteiger partial charge in [0.15, 0.2) is 0 Å². The molecule has 1 aliphatic carbocycles. The van der Waals surface area contributed by atoms with Gasteiger partial charge in [0.25, 0.3) is 0 Å². The minimum absolute atomic E-state index is 0.0721. The highest BCUT2D eigenvalue weighted by Crippen LogP contribution is 2.36. The van der Waals surface area contributed by atoms with Crippen LogP contribution in [-0.2, 0) is 4.74 Å². The number of carboxylic acid groups (broad SMARTS) is 1. The van der Waals surface area contributed by atoms with Gasteiger partial charge in [0.2, 0.25) is 0 Å². The number of hydrogen-bond acceptors (Lipinski definition) is 5. The van der Waals surface area contributed by atoms with Gasteiger partial charge < -0.3 is 15.2 Å². The second-order valence-corrected chi connectivity index (χ2v) is 12.0. The molecule has 1 saturated carbocycles. The first kappa shape index (κ1) is 28.9. The number of amides is 2. The molecule has 3 fully saturated rings. The van der Waals surface area contributed by atoms with Crippen molar-refractivity contribution in [1.82, 2.24) is 20.0 Å². The van der Waals surface area contributed by atoms with Gasteiger partial charge in [-0.2, -0.15) is 0 Å². The number of hydrogen-bond donors (Lipinski definition) is 2. The Morgan fingerprint density at radius 2 is 1.41 bits per heavy atom. The second kappa shape index (κ2) is 12.4. The molecule has 0 bridgehead atoms. The maximum atomic E-state index is 12.7. The third-order valence-corrected chi connectivity index (χ3v) is 7.55. The van der Waals surface area contributed by atoms with E-state index in [4.69, 9.17) is 4.74 Å². The van der Waals surface area contributed by atoms with Gasteiger partial charge in [0.05, 0.1) is 12.1 Å². The van der Waals surface area contributed by atoms with E-state index < -0.39 is 11.7 Å². The van der Waals surface area contributed by atoms with Crippen LogP contribution in [0, 0.1) is 0 Å². The zero-order valence-corrected chi connectivity index (χ0v) is 23.9. The summed E-state index contributed by atoms with van der Waals surface area (Å²) < 4.78 is 5.66. The molecule has 4 atom stereocenters. The van der Waals surface area contributed by atoms with Crippen molar-refractivity contribution in [2.24, 2.45) is 0 Å². The van der Waals surface area contributed by atoms with Crippen molar-refractivity contribution in [2.75, 3.05) is 26.2 Å². The topological polar surface area (TPSA) is 85.4 Å². The first-order valence-corrected chi connectivity index (χ1v) is 14.1. The molecule has 2 aromatic rings. The number of carbonyl (C=O) groups is 2. The fourth-order valence-corrected chi connectivity index (χ4v) is 5.49.